The highest BCUT2D eigenvalue weighted by Gasteiger charge is 2.06. The average Bonchev–Trinajstić information content (AvgIpc) is 2.60. The average molecular weight is 309 g/mol. The minimum atomic E-state index is -0.281. The first-order chi connectivity index (χ1) is 11.2. The van der Waals surface area contributed by atoms with Gasteiger partial charge in [0.1, 0.15) is 11.5 Å². The molecule has 4 nitrogen and oxygen atoms in total. The maximum Gasteiger partial charge on any atom is 0.311 e. The summed E-state index contributed by atoms with van der Waals surface area (Å²) in [6, 6.07) is 16.3. The maximum atomic E-state index is 11.9. The van der Waals surface area contributed by atoms with Gasteiger partial charge in [-0.3, -0.25) is 4.79 Å². The van der Waals surface area contributed by atoms with Crippen LogP contribution < -0.4 is 9.47 Å². The highest BCUT2D eigenvalue weighted by molar-refractivity contribution is 5.72. The third-order valence-corrected chi connectivity index (χ3v) is 3.23. The first kappa shape index (κ1) is 16.6. The van der Waals surface area contributed by atoms with E-state index in [2.05, 4.69) is 6.07 Å². The minimum absolute atomic E-state index is 0.281. The van der Waals surface area contributed by atoms with E-state index < -0.39 is 0 Å². The zero-order valence-electron chi connectivity index (χ0n) is 13.1. The highest BCUT2D eigenvalue weighted by atomic mass is 16.5. The van der Waals surface area contributed by atoms with Crippen molar-refractivity contribution in [2.24, 2.45) is 0 Å². The molecule has 0 atom stereocenters. The molecular formula is C19H19NO3. The maximum absolute atomic E-state index is 11.9. The number of nitrogens with zero attached hydrogens (tertiary/aromatic N) is 1. The van der Waals surface area contributed by atoms with Gasteiger partial charge in [0, 0.05) is 6.42 Å². The number of hydrogen-bond donors (Lipinski definition) is 0. The normalized spacial score (nSPS) is 9.91. The van der Waals surface area contributed by atoms with Crippen molar-refractivity contribution in [3.63, 3.8) is 0 Å². The van der Waals surface area contributed by atoms with Gasteiger partial charge < -0.3 is 9.47 Å². The first-order valence-corrected chi connectivity index (χ1v) is 7.64. The summed E-state index contributed by atoms with van der Waals surface area (Å²) in [7, 11) is 0. The van der Waals surface area contributed by atoms with Crippen LogP contribution in [0.2, 0.25) is 0 Å². The Balaban J connectivity index is 1.80. The Morgan fingerprint density at radius 1 is 1.04 bits per heavy atom. The second-order valence-corrected chi connectivity index (χ2v) is 5.10. The fourth-order valence-corrected chi connectivity index (χ4v) is 2.00. The molecule has 118 valence electrons. The van der Waals surface area contributed by atoms with Crippen molar-refractivity contribution in [2.75, 3.05) is 6.61 Å². The summed E-state index contributed by atoms with van der Waals surface area (Å²) >= 11 is 0. The Bertz CT molecular complexity index is 669. The number of esters is 1. The van der Waals surface area contributed by atoms with Crippen molar-refractivity contribution < 1.29 is 14.3 Å². The van der Waals surface area contributed by atoms with Crippen molar-refractivity contribution in [1.29, 1.82) is 5.26 Å². The summed E-state index contributed by atoms with van der Waals surface area (Å²) in [5.74, 6) is 1.000. The van der Waals surface area contributed by atoms with E-state index >= 15 is 0 Å². The molecule has 2 aromatic carbocycles. The van der Waals surface area contributed by atoms with Crippen LogP contribution >= 0.6 is 0 Å². The zero-order valence-corrected chi connectivity index (χ0v) is 13.1. The molecule has 0 aromatic heterocycles. The van der Waals surface area contributed by atoms with Crippen LogP contribution in [0.15, 0.2) is 48.5 Å². The van der Waals surface area contributed by atoms with E-state index in [1.807, 2.05) is 19.1 Å². The number of ether oxygens (including phenoxy) is 2. The SMILES string of the molecule is CCCOc1ccc(OC(=O)CCc2ccc(C#N)cc2)cc1. The molecule has 0 aliphatic rings. The smallest absolute Gasteiger partial charge is 0.311 e. The predicted molar refractivity (Wildman–Crippen MR) is 87.3 cm³/mol. The van der Waals surface area contributed by atoms with Crippen molar-refractivity contribution in [3.05, 3.63) is 59.7 Å². The molecule has 0 unspecified atom stereocenters. The molecule has 2 aromatic rings. The van der Waals surface area contributed by atoms with Crippen LogP contribution in [-0.4, -0.2) is 12.6 Å². The Hall–Kier alpha value is -2.80. The monoisotopic (exact) mass is 309 g/mol. The molecule has 23 heavy (non-hydrogen) atoms. The first-order valence-electron chi connectivity index (χ1n) is 7.64. The van der Waals surface area contributed by atoms with Gasteiger partial charge in [0.2, 0.25) is 0 Å². The van der Waals surface area contributed by atoms with E-state index in [1.165, 1.54) is 0 Å². The number of carbonyl (C=O) groups excluding carboxylic acids is 1. The molecule has 0 amide bonds. The number of carbonyl (C=O) groups is 1. The molecule has 2 rings (SSSR count). The van der Waals surface area contributed by atoms with Crippen LogP contribution in [0, 0.1) is 11.3 Å². The van der Waals surface area contributed by atoms with Crippen LogP contribution in [0.1, 0.15) is 30.9 Å². The minimum Gasteiger partial charge on any atom is -0.494 e. The van der Waals surface area contributed by atoms with Crippen molar-refractivity contribution in [1.82, 2.24) is 0 Å². The molecule has 4 heteroatoms. The Morgan fingerprint density at radius 2 is 1.70 bits per heavy atom. The Labute approximate surface area is 136 Å². The summed E-state index contributed by atoms with van der Waals surface area (Å²) in [6.45, 7) is 2.72. The molecule has 0 saturated heterocycles. The molecular weight excluding hydrogens is 290 g/mol. The van der Waals surface area contributed by atoms with Gasteiger partial charge in [-0.2, -0.15) is 5.26 Å². The fraction of sp³-hybridized carbons (Fsp3) is 0.263. The summed E-state index contributed by atoms with van der Waals surface area (Å²) in [5, 5.41) is 8.74. The lowest BCUT2D eigenvalue weighted by Gasteiger charge is -2.07. The lowest BCUT2D eigenvalue weighted by Crippen LogP contribution is -2.09. The quantitative estimate of drug-likeness (QED) is 0.575. The van der Waals surface area contributed by atoms with E-state index in [-0.39, 0.29) is 5.97 Å². The standard InChI is InChI=1S/C19H19NO3/c1-2-13-22-17-8-10-18(11-9-17)23-19(21)12-7-15-3-5-16(14-20)6-4-15/h3-6,8-11H,2,7,12-13H2,1H3. The number of benzene rings is 2. The molecule has 0 radical (unpaired) electrons. The number of hydrogen-bond acceptors (Lipinski definition) is 4. The summed E-state index contributed by atoms with van der Waals surface area (Å²) in [6.07, 6.45) is 1.83. The van der Waals surface area contributed by atoms with E-state index in [1.54, 1.807) is 36.4 Å². The van der Waals surface area contributed by atoms with Crippen LogP contribution in [0.5, 0.6) is 11.5 Å². The molecule has 0 aliphatic carbocycles. The summed E-state index contributed by atoms with van der Waals surface area (Å²) in [5.41, 5.74) is 1.62. The van der Waals surface area contributed by atoms with Gasteiger partial charge in [0.25, 0.3) is 0 Å². The molecule has 0 saturated carbocycles. The molecule has 0 heterocycles. The van der Waals surface area contributed by atoms with E-state index in [9.17, 15) is 4.79 Å². The molecule has 0 fully saturated rings. The number of nitriles is 1. The molecule has 0 N–H and O–H groups in total. The van der Waals surface area contributed by atoms with E-state index in [0.29, 0.717) is 30.8 Å². The van der Waals surface area contributed by atoms with Gasteiger partial charge in [-0.25, -0.2) is 0 Å². The Morgan fingerprint density at radius 3 is 2.30 bits per heavy atom. The van der Waals surface area contributed by atoms with Crippen LogP contribution in [0.3, 0.4) is 0 Å². The number of aryl methyl sites for hydroxylation is 1. The molecule has 0 bridgehead atoms. The van der Waals surface area contributed by atoms with Crippen molar-refractivity contribution >= 4 is 5.97 Å². The third-order valence-electron chi connectivity index (χ3n) is 3.23. The van der Waals surface area contributed by atoms with Gasteiger partial charge >= 0.3 is 5.97 Å². The van der Waals surface area contributed by atoms with Gasteiger partial charge in [0.15, 0.2) is 0 Å². The lowest BCUT2D eigenvalue weighted by molar-refractivity contribution is -0.134. The predicted octanol–water partition coefficient (Wildman–Crippen LogP) is 3.89. The third kappa shape index (κ3) is 5.48. The topological polar surface area (TPSA) is 59.3 Å². The Kier molecular flexibility index (Phi) is 6.19. The van der Waals surface area contributed by atoms with Gasteiger partial charge in [-0.1, -0.05) is 19.1 Å². The fourth-order valence-electron chi connectivity index (χ4n) is 2.00. The largest absolute Gasteiger partial charge is 0.494 e. The van der Waals surface area contributed by atoms with Gasteiger partial charge in [-0.05, 0) is 54.8 Å². The van der Waals surface area contributed by atoms with Crippen LogP contribution in [-0.2, 0) is 11.2 Å². The number of rotatable bonds is 7. The van der Waals surface area contributed by atoms with Crippen LogP contribution in [0.4, 0.5) is 0 Å². The molecule has 0 spiro atoms. The van der Waals surface area contributed by atoms with E-state index in [0.717, 1.165) is 17.7 Å². The van der Waals surface area contributed by atoms with Gasteiger partial charge in [0.05, 0.1) is 18.2 Å². The van der Waals surface area contributed by atoms with Crippen molar-refractivity contribution in [2.45, 2.75) is 26.2 Å². The van der Waals surface area contributed by atoms with Crippen LogP contribution in [0.25, 0.3) is 0 Å². The molecule has 0 aliphatic heterocycles. The van der Waals surface area contributed by atoms with Crippen molar-refractivity contribution in [3.8, 4) is 17.6 Å². The highest BCUT2D eigenvalue weighted by Crippen LogP contribution is 2.18. The van der Waals surface area contributed by atoms with Gasteiger partial charge in [-0.15, -0.1) is 0 Å². The summed E-state index contributed by atoms with van der Waals surface area (Å²) in [4.78, 5) is 11.9. The second-order valence-electron chi connectivity index (χ2n) is 5.10. The summed E-state index contributed by atoms with van der Waals surface area (Å²) < 4.78 is 10.8. The van der Waals surface area contributed by atoms with E-state index in [4.69, 9.17) is 14.7 Å². The second kappa shape index (κ2) is 8.60. The lowest BCUT2D eigenvalue weighted by atomic mass is 10.1. The zero-order chi connectivity index (χ0) is 16.5.